The Morgan fingerprint density at radius 3 is 2.80 bits per heavy atom. The molecule has 0 amide bonds. The van der Waals surface area contributed by atoms with Crippen molar-refractivity contribution in [1.82, 2.24) is 9.97 Å². The van der Waals surface area contributed by atoms with Gasteiger partial charge in [-0.1, -0.05) is 33.6 Å². The zero-order valence-electron chi connectivity index (χ0n) is 12.9. The van der Waals surface area contributed by atoms with E-state index in [0.717, 1.165) is 24.6 Å². The van der Waals surface area contributed by atoms with Crippen molar-refractivity contribution in [3.8, 4) is 0 Å². The van der Waals surface area contributed by atoms with Gasteiger partial charge in [0.05, 0.1) is 0 Å². The number of anilines is 2. The Kier molecular flexibility index (Phi) is 5.17. The minimum absolute atomic E-state index is 0.300. The molecular formula is C15H27N5. The maximum absolute atomic E-state index is 5.56. The van der Waals surface area contributed by atoms with Gasteiger partial charge in [-0.2, -0.15) is 0 Å². The Labute approximate surface area is 121 Å². The smallest absolute Gasteiger partial charge is 0.145 e. The number of nitrogen functional groups attached to an aromatic ring is 1. The van der Waals surface area contributed by atoms with E-state index in [-0.39, 0.29) is 0 Å². The summed E-state index contributed by atoms with van der Waals surface area (Å²) < 4.78 is 0. The van der Waals surface area contributed by atoms with Gasteiger partial charge in [0.25, 0.3) is 0 Å². The zero-order valence-corrected chi connectivity index (χ0v) is 12.9. The van der Waals surface area contributed by atoms with Crippen LogP contribution in [0.3, 0.4) is 0 Å². The third-order valence-corrected chi connectivity index (χ3v) is 4.04. The van der Waals surface area contributed by atoms with Crippen molar-refractivity contribution in [2.75, 3.05) is 16.9 Å². The second-order valence-corrected chi connectivity index (χ2v) is 5.87. The van der Waals surface area contributed by atoms with Crippen LogP contribution in [0.4, 0.5) is 11.6 Å². The van der Waals surface area contributed by atoms with Crippen LogP contribution in [0, 0.1) is 0 Å². The minimum Gasteiger partial charge on any atom is -0.353 e. The molecule has 0 radical (unpaired) electrons. The molecule has 1 aromatic rings. The van der Waals surface area contributed by atoms with E-state index in [1.807, 2.05) is 6.07 Å². The molecule has 0 spiro atoms. The highest BCUT2D eigenvalue weighted by Gasteiger charge is 2.22. The first kappa shape index (κ1) is 15.0. The predicted molar refractivity (Wildman–Crippen MR) is 83.8 cm³/mol. The summed E-state index contributed by atoms with van der Waals surface area (Å²) in [4.78, 5) is 11.7. The molecule has 2 heterocycles. The number of hydrogen-bond donors (Lipinski definition) is 2. The molecule has 5 heteroatoms. The first-order valence-electron chi connectivity index (χ1n) is 7.78. The highest BCUT2D eigenvalue weighted by atomic mass is 15.3. The van der Waals surface area contributed by atoms with Crippen LogP contribution in [0.15, 0.2) is 6.07 Å². The van der Waals surface area contributed by atoms with Crippen molar-refractivity contribution < 1.29 is 0 Å². The second-order valence-electron chi connectivity index (χ2n) is 5.87. The Balaban J connectivity index is 2.35. The molecule has 112 valence electrons. The fourth-order valence-electron chi connectivity index (χ4n) is 2.84. The molecule has 0 aliphatic carbocycles. The van der Waals surface area contributed by atoms with Crippen LogP contribution in [0.5, 0.6) is 0 Å². The average Bonchev–Trinajstić information content (AvgIpc) is 2.71. The van der Waals surface area contributed by atoms with Crippen molar-refractivity contribution in [2.24, 2.45) is 5.84 Å². The van der Waals surface area contributed by atoms with Crippen LogP contribution < -0.4 is 16.2 Å². The SMILES string of the molecule is CCC1CCCCCN1c1cc(NN)nc(C(C)C)n1. The van der Waals surface area contributed by atoms with Crippen LogP contribution in [-0.2, 0) is 0 Å². The molecule has 1 aromatic heterocycles. The topological polar surface area (TPSA) is 67.1 Å². The lowest BCUT2D eigenvalue weighted by Crippen LogP contribution is -2.35. The van der Waals surface area contributed by atoms with Gasteiger partial charge in [-0.25, -0.2) is 15.8 Å². The van der Waals surface area contributed by atoms with E-state index in [4.69, 9.17) is 10.8 Å². The third kappa shape index (κ3) is 3.39. The minimum atomic E-state index is 0.300. The van der Waals surface area contributed by atoms with Gasteiger partial charge in [-0.3, -0.25) is 0 Å². The van der Waals surface area contributed by atoms with Crippen LogP contribution in [-0.4, -0.2) is 22.6 Å². The van der Waals surface area contributed by atoms with Gasteiger partial charge in [-0.15, -0.1) is 0 Å². The molecule has 1 atom stereocenters. The van der Waals surface area contributed by atoms with Gasteiger partial charge >= 0.3 is 0 Å². The molecule has 3 N–H and O–H groups in total. The monoisotopic (exact) mass is 277 g/mol. The number of nitrogens with two attached hydrogens (primary N) is 1. The van der Waals surface area contributed by atoms with E-state index >= 15 is 0 Å². The van der Waals surface area contributed by atoms with Gasteiger partial charge in [0, 0.05) is 24.6 Å². The Bertz CT molecular complexity index is 432. The quantitative estimate of drug-likeness (QED) is 0.654. The molecule has 0 bridgehead atoms. The molecule has 5 nitrogen and oxygen atoms in total. The summed E-state index contributed by atoms with van der Waals surface area (Å²) in [5, 5.41) is 0. The lowest BCUT2D eigenvalue weighted by molar-refractivity contribution is 0.550. The molecular weight excluding hydrogens is 250 g/mol. The van der Waals surface area contributed by atoms with Crippen molar-refractivity contribution in [3.05, 3.63) is 11.9 Å². The number of nitrogens with one attached hydrogen (secondary N) is 1. The molecule has 1 aliphatic heterocycles. The lowest BCUT2D eigenvalue weighted by Gasteiger charge is -2.31. The van der Waals surface area contributed by atoms with Gasteiger partial charge in [-0.05, 0) is 19.3 Å². The second kappa shape index (κ2) is 6.88. The summed E-state index contributed by atoms with van der Waals surface area (Å²) in [5.74, 6) is 8.44. The van der Waals surface area contributed by atoms with Gasteiger partial charge in [0.1, 0.15) is 17.5 Å². The van der Waals surface area contributed by atoms with E-state index < -0.39 is 0 Å². The third-order valence-electron chi connectivity index (χ3n) is 4.04. The van der Waals surface area contributed by atoms with Gasteiger partial charge < -0.3 is 10.3 Å². The summed E-state index contributed by atoms with van der Waals surface area (Å²) in [5.41, 5.74) is 2.67. The van der Waals surface area contributed by atoms with E-state index in [1.165, 1.54) is 25.7 Å². The van der Waals surface area contributed by atoms with Crippen LogP contribution in [0.2, 0.25) is 0 Å². The summed E-state index contributed by atoms with van der Waals surface area (Å²) >= 11 is 0. The average molecular weight is 277 g/mol. The van der Waals surface area contributed by atoms with Crippen molar-refractivity contribution in [1.29, 1.82) is 0 Å². The zero-order chi connectivity index (χ0) is 14.5. The van der Waals surface area contributed by atoms with E-state index in [1.54, 1.807) is 0 Å². The van der Waals surface area contributed by atoms with Gasteiger partial charge in [0.2, 0.25) is 0 Å². The molecule has 2 rings (SSSR count). The fraction of sp³-hybridized carbons (Fsp3) is 0.733. The number of hydrogen-bond acceptors (Lipinski definition) is 5. The van der Waals surface area contributed by atoms with Crippen LogP contribution in [0.1, 0.15) is 64.6 Å². The van der Waals surface area contributed by atoms with E-state index in [0.29, 0.717) is 17.8 Å². The van der Waals surface area contributed by atoms with E-state index in [9.17, 15) is 0 Å². The first-order chi connectivity index (χ1) is 9.65. The molecule has 1 aliphatic rings. The predicted octanol–water partition coefficient (Wildman–Crippen LogP) is 3.04. The normalized spacial score (nSPS) is 20.1. The maximum Gasteiger partial charge on any atom is 0.145 e. The Hall–Kier alpha value is -1.36. The highest BCUT2D eigenvalue weighted by molar-refractivity contribution is 5.50. The number of aromatic nitrogens is 2. The summed E-state index contributed by atoms with van der Waals surface area (Å²) in [7, 11) is 0. The van der Waals surface area contributed by atoms with Crippen molar-refractivity contribution >= 4 is 11.6 Å². The van der Waals surface area contributed by atoms with Crippen molar-refractivity contribution in [2.45, 2.75) is 64.8 Å². The molecule has 20 heavy (non-hydrogen) atoms. The first-order valence-corrected chi connectivity index (χ1v) is 7.78. The van der Waals surface area contributed by atoms with Gasteiger partial charge in [0.15, 0.2) is 0 Å². The Morgan fingerprint density at radius 1 is 1.35 bits per heavy atom. The summed E-state index contributed by atoms with van der Waals surface area (Å²) in [6.07, 6.45) is 6.29. The lowest BCUT2D eigenvalue weighted by atomic mass is 10.1. The molecule has 1 fully saturated rings. The number of rotatable bonds is 4. The fourth-order valence-corrected chi connectivity index (χ4v) is 2.84. The number of nitrogens with zero attached hydrogens (tertiary/aromatic N) is 3. The summed E-state index contributed by atoms with van der Waals surface area (Å²) in [6, 6.07) is 2.55. The Morgan fingerprint density at radius 2 is 2.15 bits per heavy atom. The van der Waals surface area contributed by atoms with E-state index in [2.05, 4.69) is 36.1 Å². The molecule has 1 unspecified atom stereocenters. The van der Waals surface area contributed by atoms with Crippen molar-refractivity contribution in [3.63, 3.8) is 0 Å². The van der Waals surface area contributed by atoms with Crippen LogP contribution in [0.25, 0.3) is 0 Å². The number of hydrazine groups is 1. The molecule has 1 saturated heterocycles. The molecule has 0 saturated carbocycles. The standard InChI is InChI=1S/C15H27N5/c1-4-12-8-6-5-7-9-20(12)14-10-13(19-16)17-15(18-14)11(2)3/h10-12H,4-9,16H2,1-3H3,(H,17,18,19). The van der Waals surface area contributed by atoms with Crippen LogP contribution >= 0.6 is 0 Å². The summed E-state index contributed by atoms with van der Waals surface area (Å²) in [6.45, 7) is 7.56. The molecule has 0 aromatic carbocycles. The highest BCUT2D eigenvalue weighted by Crippen LogP contribution is 2.27. The largest absolute Gasteiger partial charge is 0.353 e. The maximum atomic E-state index is 5.56.